The number of carbonyl (C=O) groups is 1. The number of pyridine rings is 1. The van der Waals surface area contributed by atoms with Crippen LogP contribution >= 0.6 is 0 Å². The molecular weight excluding hydrogens is 334 g/mol. The Balaban J connectivity index is 1.53. The Hall–Kier alpha value is -2.62. The fourth-order valence-electron chi connectivity index (χ4n) is 3.44. The molecule has 0 atom stereocenters. The van der Waals surface area contributed by atoms with E-state index < -0.39 is 0 Å². The number of allylic oxidation sites excluding steroid dienone is 1. The van der Waals surface area contributed by atoms with E-state index in [1.54, 1.807) is 6.20 Å². The van der Waals surface area contributed by atoms with Gasteiger partial charge in [-0.2, -0.15) is 0 Å². The summed E-state index contributed by atoms with van der Waals surface area (Å²) in [6.07, 6.45) is 9.91. The van der Waals surface area contributed by atoms with Crippen molar-refractivity contribution in [2.75, 3.05) is 18.0 Å². The monoisotopic (exact) mass is 363 g/mol. The van der Waals surface area contributed by atoms with Gasteiger partial charge in [0, 0.05) is 25.8 Å². The van der Waals surface area contributed by atoms with E-state index in [1.165, 1.54) is 36.8 Å². The third-order valence-corrected chi connectivity index (χ3v) is 5.05. The lowest BCUT2D eigenvalue weighted by molar-refractivity contribution is 0.0953. The first-order valence-corrected chi connectivity index (χ1v) is 9.97. The molecule has 1 heterocycles. The van der Waals surface area contributed by atoms with Gasteiger partial charge in [-0.3, -0.25) is 4.79 Å². The molecule has 1 aromatic carbocycles. The van der Waals surface area contributed by atoms with Crippen molar-refractivity contribution in [3.8, 4) is 0 Å². The van der Waals surface area contributed by atoms with E-state index in [2.05, 4.69) is 40.3 Å². The van der Waals surface area contributed by atoms with Crippen LogP contribution in [0.4, 0.5) is 5.82 Å². The Morgan fingerprint density at radius 1 is 1.15 bits per heavy atom. The minimum atomic E-state index is -0.0448. The molecule has 0 fully saturated rings. The minimum absolute atomic E-state index is 0.0448. The van der Waals surface area contributed by atoms with Crippen molar-refractivity contribution in [2.24, 2.45) is 0 Å². The van der Waals surface area contributed by atoms with E-state index in [1.807, 2.05) is 30.3 Å². The van der Waals surface area contributed by atoms with Crippen molar-refractivity contribution < 1.29 is 4.79 Å². The molecule has 142 valence electrons. The van der Waals surface area contributed by atoms with Crippen LogP contribution in [0, 0.1) is 0 Å². The maximum absolute atomic E-state index is 12.3. The highest BCUT2D eigenvalue weighted by Crippen LogP contribution is 2.19. The summed E-state index contributed by atoms with van der Waals surface area (Å²) >= 11 is 0. The summed E-state index contributed by atoms with van der Waals surface area (Å²) in [5.41, 5.74) is 3.35. The minimum Gasteiger partial charge on any atom is -0.353 e. The molecule has 0 saturated heterocycles. The lowest BCUT2D eigenvalue weighted by Gasteiger charge is -2.22. The molecule has 1 aromatic heterocycles. The second-order valence-corrected chi connectivity index (χ2v) is 7.02. The predicted molar refractivity (Wildman–Crippen MR) is 111 cm³/mol. The van der Waals surface area contributed by atoms with E-state index >= 15 is 0 Å². The molecule has 0 spiro atoms. The Kier molecular flexibility index (Phi) is 7.03. The number of anilines is 1. The van der Waals surface area contributed by atoms with Crippen molar-refractivity contribution in [3.63, 3.8) is 0 Å². The summed E-state index contributed by atoms with van der Waals surface area (Å²) in [4.78, 5) is 19.1. The molecule has 0 unspecified atom stereocenters. The first-order chi connectivity index (χ1) is 13.3. The van der Waals surface area contributed by atoms with Crippen molar-refractivity contribution in [1.29, 1.82) is 0 Å². The lowest BCUT2D eigenvalue weighted by atomic mass is 9.97. The number of hydrogen-bond acceptors (Lipinski definition) is 3. The molecule has 1 amide bonds. The SMILES string of the molecule is CCN(Cc1ccccc1)c1ccc(C(=O)NCCC2=CCCCC2)cn1. The molecule has 1 N–H and O–H groups in total. The predicted octanol–water partition coefficient (Wildman–Crippen LogP) is 4.73. The summed E-state index contributed by atoms with van der Waals surface area (Å²) in [6.45, 7) is 4.49. The maximum atomic E-state index is 12.3. The number of aromatic nitrogens is 1. The largest absolute Gasteiger partial charge is 0.353 e. The van der Waals surface area contributed by atoms with Crippen LogP contribution in [0.1, 0.15) is 54.9 Å². The second kappa shape index (κ2) is 9.91. The van der Waals surface area contributed by atoms with Gasteiger partial charge in [-0.1, -0.05) is 42.0 Å². The lowest BCUT2D eigenvalue weighted by Crippen LogP contribution is -2.26. The second-order valence-electron chi connectivity index (χ2n) is 7.02. The third-order valence-electron chi connectivity index (χ3n) is 5.05. The summed E-state index contributed by atoms with van der Waals surface area (Å²) < 4.78 is 0. The van der Waals surface area contributed by atoms with E-state index in [4.69, 9.17) is 0 Å². The number of rotatable bonds is 8. The molecule has 0 radical (unpaired) electrons. The summed E-state index contributed by atoms with van der Waals surface area (Å²) in [5, 5.41) is 3.02. The van der Waals surface area contributed by atoms with Crippen LogP contribution in [0.5, 0.6) is 0 Å². The van der Waals surface area contributed by atoms with Gasteiger partial charge < -0.3 is 10.2 Å². The van der Waals surface area contributed by atoms with Crippen LogP contribution in [0.25, 0.3) is 0 Å². The van der Waals surface area contributed by atoms with E-state index in [-0.39, 0.29) is 5.91 Å². The van der Waals surface area contributed by atoms with E-state index in [9.17, 15) is 4.79 Å². The molecule has 2 aromatic rings. The maximum Gasteiger partial charge on any atom is 0.252 e. The fraction of sp³-hybridized carbons (Fsp3) is 0.391. The molecule has 0 bridgehead atoms. The molecule has 1 aliphatic carbocycles. The summed E-state index contributed by atoms with van der Waals surface area (Å²) in [7, 11) is 0. The zero-order chi connectivity index (χ0) is 18.9. The number of benzene rings is 1. The van der Waals surface area contributed by atoms with Gasteiger partial charge in [-0.25, -0.2) is 4.98 Å². The number of hydrogen-bond donors (Lipinski definition) is 1. The standard InChI is InChI=1S/C23H29N3O/c1-2-26(18-20-11-7-4-8-12-20)22-14-13-21(17-25-22)23(27)24-16-15-19-9-5-3-6-10-19/h4,7-9,11-14,17H,2-3,5-6,10,15-16,18H2,1H3,(H,24,27). The molecular formula is C23H29N3O. The van der Waals surface area contributed by atoms with Crippen LogP contribution in [-0.2, 0) is 6.54 Å². The van der Waals surface area contributed by atoms with Crippen molar-refractivity contribution in [2.45, 2.75) is 45.6 Å². The first-order valence-electron chi connectivity index (χ1n) is 9.97. The Bertz CT molecular complexity index is 753. The molecule has 4 nitrogen and oxygen atoms in total. The van der Waals surface area contributed by atoms with Gasteiger partial charge >= 0.3 is 0 Å². The van der Waals surface area contributed by atoms with Crippen LogP contribution in [-0.4, -0.2) is 24.0 Å². The van der Waals surface area contributed by atoms with Gasteiger partial charge in [-0.15, -0.1) is 0 Å². The first kappa shape index (κ1) is 19.2. The molecule has 4 heteroatoms. The van der Waals surface area contributed by atoms with Crippen LogP contribution in [0.15, 0.2) is 60.3 Å². The zero-order valence-electron chi connectivity index (χ0n) is 16.2. The Morgan fingerprint density at radius 3 is 2.67 bits per heavy atom. The van der Waals surface area contributed by atoms with Gasteiger partial charge in [0.2, 0.25) is 0 Å². The van der Waals surface area contributed by atoms with Crippen molar-refractivity contribution in [3.05, 3.63) is 71.4 Å². The fourth-order valence-corrected chi connectivity index (χ4v) is 3.44. The van der Waals surface area contributed by atoms with Crippen LogP contribution < -0.4 is 10.2 Å². The van der Waals surface area contributed by atoms with Crippen molar-refractivity contribution >= 4 is 11.7 Å². The normalized spacial score (nSPS) is 13.7. The number of carbonyl (C=O) groups excluding carboxylic acids is 1. The van der Waals surface area contributed by atoms with Crippen LogP contribution in [0.3, 0.4) is 0 Å². The molecule has 0 saturated carbocycles. The van der Waals surface area contributed by atoms with Gasteiger partial charge in [0.1, 0.15) is 5.82 Å². The van der Waals surface area contributed by atoms with E-state index in [0.717, 1.165) is 25.3 Å². The highest BCUT2D eigenvalue weighted by Gasteiger charge is 2.10. The average Bonchev–Trinajstić information content (AvgIpc) is 2.73. The third kappa shape index (κ3) is 5.68. The summed E-state index contributed by atoms with van der Waals surface area (Å²) in [6, 6.07) is 14.2. The smallest absolute Gasteiger partial charge is 0.252 e. The van der Waals surface area contributed by atoms with Gasteiger partial charge in [-0.05, 0) is 56.7 Å². The number of nitrogens with one attached hydrogen (secondary N) is 1. The zero-order valence-corrected chi connectivity index (χ0v) is 16.2. The Morgan fingerprint density at radius 2 is 2.00 bits per heavy atom. The van der Waals surface area contributed by atoms with E-state index in [0.29, 0.717) is 12.1 Å². The summed E-state index contributed by atoms with van der Waals surface area (Å²) in [5.74, 6) is 0.849. The highest BCUT2D eigenvalue weighted by molar-refractivity contribution is 5.94. The number of nitrogens with zero attached hydrogens (tertiary/aromatic N) is 2. The van der Waals surface area contributed by atoms with Crippen molar-refractivity contribution in [1.82, 2.24) is 10.3 Å². The molecule has 0 aliphatic heterocycles. The van der Waals surface area contributed by atoms with Gasteiger partial charge in [0.15, 0.2) is 0 Å². The quantitative estimate of drug-likeness (QED) is 0.690. The van der Waals surface area contributed by atoms with Crippen LogP contribution in [0.2, 0.25) is 0 Å². The topological polar surface area (TPSA) is 45.2 Å². The molecule has 3 rings (SSSR count). The van der Waals surface area contributed by atoms with Gasteiger partial charge in [0.25, 0.3) is 5.91 Å². The highest BCUT2D eigenvalue weighted by atomic mass is 16.1. The average molecular weight is 364 g/mol. The Labute approximate surface area is 162 Å². The molecule has 27 heavy (non-hydrogen) atoms. The number of amides is 1. The van der Waals surface area contributed by atoms with Gasteiger partial charge in [0.05, 0.1) is 5.56 Å². The molecule has 1 aliphatic rings.